The predicted molar refractivity (Wildman–Crippen MR) is 34.5 cm³/mol. The van der Waals surface area contributed by atoms with E-state index in [-0.39, 0.29) is 4.90 Å². The number of nitrogens with zero attached hydrogens (tertiary/aromatic N) is 1. The van der Waals surface area contributed by atoms with Crippen molar-refractivity contribution >= 4 is 10.0 Å². The summed E-state index contributed by atoms with van der Waals surface area (Å²) in [6.45, 7) is 0. The third-order valence-electron chi connectivity index (χ3n) is 0.945. The second kappa shape index (κ2) is 2.36. The van der Waals surface area contributed by atoms with Gasteiger partial charge in [0, 0.05) is 12.4 Å². The maximum absolute atomic E-state index is 10.5. The molecule has 53 valence electrons. The molecule has 1 aromatic heterocycles. The Morgan fingerprint density at radius 2 is 2.20 bits per heavy atom. The molecule has 0 bridgehead atoms. The quantitative estimate of drug-likeness (QED) is 0.578. The third-order valence-corrected chi connectivity index (χ3v) is 1.81. The van der Waals surface area contributed by atoms with Crippen LogP contribution in [-0.2, 0) is 10.0 Å². The van der Waals surface area contributed by atoms with Crippen molar-refractivity contribution in [3.05, 3.63) is 24.5 Å². The fraction of sp³-hybridized carbons (Fsp3) is 0. The summed E-state index contributed by atoms with van der Waals surface area (Å²) in [5, 5.41) is 6.61. The van der Waals surface area contributed by atoms with Crippen LogP contribution in [0.5, 0.6) is 0 Å². The highest BCUT2D eigenvalue weighted by Crippen LogP contribution is 2.02. The lowest BCUT2D eigenvalue weighted by Gasteiger charge is -1.91. The van der Waals surface area contributed by atoms with E-state index in [9.17, 15) is 8.42 Å². The zero-order valence-corrected chi connectivity index (χ0v) is 5.80. The van der Waals surface area contributed by atoms with Crippen molar-refractivity contribution in [3.8, 4) is 0 Å². The van der Waals surface area contributed by atoms with E-state index in [1.165, 1.54) is 18.3 Å². The Labute approximate surface area is 58.8 Å². The van der Waals surface area contributed by atoms with Gasteiger partial charge in [-0.3, -0.25) is 4.98 Å². The molecule has 0 aliphatic rings. The molecule has 0 aromatic carbocycles. The van der Waals surface area contributed by atoms with E-state index in [0.717, 1.165) is 6.20 Å². The number of hydrogen-bond acceptors (Lipinski definition) is 3. The first-order valence-electron chi connectivity index (χ1n) is 2.50. The Balaban J connectivity index is 3.22. The van der Waals surface area contributed by atoms with Gasteiger partial charge in [-0.25, -0.2) is 8.42 Å². The maximum Gasteiger partial charge on any atom is 0.255 e. The topological polar surface area (TPSA) is 70.8 Å². The van der Waals surface area contributed by atoms with Crippen molar-refractivity contribution in [3.63, 3.8) is 0 Å². The van der Waals surface area contributed by atoms with Crippen LogP contribution in [0.3, 0.4) is 0 Å². The monoisotopic (exact) mass is 157 g/mol. The van der Waals surface area contributed by atoms with Crippen molar-refractivity contribution in [1.29, 1.82) is 0 Å². The van der Waals surface area contributed by atoms with Gasteiger partial charge in [0.15, 0.2) is 0 Å². The molecule has 0 amide bonds. The number of hydrogen-bond donors (Lipinski definition) is 0. The van der Waals surface area contributed by atoms with E-state index >= 15 is 0 Å². The molecule has 0 spiro atoms. The van der Waals surface area contributed by atoms with Crippen LogP contribution in [-0.4, -0.2) is 13.4 Å². The fourth-order valence-electron chi connectivity index (χ4n) is 0.506. The molecule has 0 aliphatic carbocycles. The molecule has 0 fully saturated rings. The van der Waals surface area contributed by atoms with Crippen LogP contribution in [0.4, 0.5) is 0 Å². The Bertz CT molecular complexity index is 306. The van der Waals surface area contributed by atoms with Crippen LogP contribution in [0.2, 0.25) is 0 Å². The molecule has 0 saturated heterocycles. The van der Waals surface area contributed by atoms with Gasteiger partial charge in [-0.1, -0.05) is 0 Å². The minimum absolute atomic E-state index is 0.0741. The fourth-order valence-corrected chi connectivity index (χ4v) is 0.963. The van der Waals surface area contributed by atoms with E-state index in [1.807, 2.05) is 0 Å². The lowest BCUT2D eigenvalue weighted by molar-refractivity contribution is 0.596. The summed E-state index contributed by atoms with van der Waals surface area (Å²) in [7, 11) is -3.82. The normalized spacial score (nSPS) is 11.3. The minimum Gasteiger partial charge on any atom is -0.263 e. The Kier molecular flexibility index (Phi) is 1.69. The Morgan fingerprint density at radius 3 is 2.50 bits per heavy atom. The first kappa shape index (κ1) is 7.17. The molecule has 1 radical (unpaired) electrons. The van der Waals surface area contributed by atoms with Crippen molar-refractivity contribution in [2.45, 2.75) is 4.90 Å². The highest BCUT2D eigenvalue weighted by Gasteiger charge is 2.05. The first-order chi connectivity index (χ1) is 4.61. The molecule has 4 nitrogen and oxygen atoms in total. The van der Waals surface area contributed by atoms with Crippen LogP contribution < -0.4 is 5.14 Å². The second-order valence-electron chi connectivity index (χ2n) is 1.69. The summed E-state index contributed by atoms with van der Waals surface area (Å²) in [6.07, 6.45) is 2.59. The van der Waals surface area contributed by atoms with Gasteiger partial charge >= 0.3 is 0 Å². The molecule has 0 unspecified atom stereocenters. The van der Waals surface area contributed by atoms with Crippen LogP contribution in [0.25, 0.3) is 0 Å². The van der Waals surface area contributed by atoms with Crippen molar-refractivity contribution in [2.75, 3.05) is 0 Å². The molecule has 1 aromatic rings. The molecule has 0 atom stereocenters. The van der Waals surface area contributed by atoms with E-state index < -0.39 is 10.0 Å². The van der Waals surface area contributed by atoms with E-state index in [4.69, 9.17) is 5.14 Å². The van der Waals surface area contributed by atoms with Crippen LogP contribution in [0, 0.1) is 0 Å². The third kappa shape index (κ3) is 1.52. The van der Waals surface area contributed by atoms with Crippen molar-refractivity contribution in [2.24, 2.45) is 0 Å². The Morgan fingerprint density at radius 1 is 1.50 bits per heavy atom. The Hall–Kier alpha value is -0.940. The van der Waals surface area contributed by atoms with Crippen LogP contribution in [0.15, 0.2) is 29.4 Å². The van der Waals surface area contributed by atoms with E-state index in [1.54, 1.807) is 0 Å². The van der Waals surface area contributed by atoms with Crippen molar-refractivity contribution < 1.29 is 8.42 Å². The molecule has 10 heavy (non-hydrogen) atoms. The summed E-state index contributed by atoms with van der Waals surface area (Å²) in [5.41, 5.74) is 0. The van der Waals surface area contributed by atoms with E-state index in [2.05, 4.69) is 4.98 Å². The molecule has 0 saturated carbocycles. The predicted octanol–water partition coefficient (Wildman–Crippen LogP) is 0.0532. The smallest absolute Gasteiger partial charge is 0.255 e. The zero-order chi connectivity index (χ0) is 7.61. The van der Waals surface area contributed by atoms with Crippen molar-refractivity contribution in [1.82, 2.24) is 10.1 Å². The van der Waals surface area contributed by atoms with Gasteiger partial charge in [-0.05, 0) is 12.1 Å². The van der Waals surface area contributed by atoms with Gasteiger partial charge in [-0.2, -0.15) is 0 Å². The lowest BCUT2D eigenvalue weighted by Crippen LogP contribution is -1.99. The number of sulfonamides is 1. The van der Waals surface area contributed by atoms with Crippen LogP contribution in [0.1, 0.15) is 0 Å². The maximum atomic E-state index is 10.5. The molecule has 1 rings (SSSR count). The van der Waals surface area contributed by atoms with E-state index in [0.29, 0.717) is 0 Å². The molecular weight excluding hydrogens is 152 g/mol. The highest BCUT2D eigenvalue weighted by atomic mass is 32.2. The number of pyridine rings is 1. The van der Waals surface area contributed by atoms with Gasteiger partial charge in [0.05, 0.1) is 0 Å². The largest absolute Gasteiger partial charge is 0.263 e. The van der Waals surface area contributed by atoms with Gasteiger partial charge in [0.2, 0.25) is 0 Å². The SMILES string of the molecule is [NH]S(=O)(=O)c1cccnc1. The zero-order valence-electron chi connectivity index (χ0n) is 4.98. The second-order valence-corrected chi connectivity index (χ2v) is 3.17. The molecule has 0 aliphatic heterocycles. The van der Waals surface area contributed by atoms with Crippen LogP contribution >= 0.6 is 0 Å². The molecule has 1 N–H and O–H groups in total. The number of aromatic nitrogens is 1. The lowest BCUT2D eigenvalue weighted by atomic mass is 10.5. The van der Waals surface area contributed by atoms with Gasteiger partial charge < -0.3 is 0 Å². The molecule has 1 heterocycles. The van der Waals surface area contributed by atoms with Gasteiger partial charge in [0.1, 0.15) is 4.90 Å². The number of nitrogens with one attached hydrogen (secondary N) is 1. The molecule has 5 heteroatoms. The average molecular weight is 157 g/mol. The first-order valence-corrected chi connectivity index (χ1v) is 3.99. The summed E-state index contributed by atoms with van der Waals surface area (Å²) in [5.74, 6) is 0. The molecular formula is C5H5N2O2S. The van der Waals surface area contributed by atoms with Gasteiger partial charge in [-0.15, -0.1) is 5.14 Å². The summed E-state index contributed by atoms with van der Waals surface area (Å²) in [4.78, 5) is 3.48. The standard InChI is InChI=1S/C5H5N2O2S/c6-10(8,9)5-2-1-3-7-4-5/h1-4,6H. The summed E-state index contributed by atoms with van der Waals surface area (Å²) in [6, 6.07) is 2.80. The summed E-state index contributed by atoms with van der Waals surface area (Å²) < 4.78 is 20.9. The highest BCUT2D eigenvalue weighted by molar-refractivity contribution is 7.88. The average Bonchev–Trinajstić information content (AvgIpc) is 1.88. The summed E-state index contributed by atoms with van der Waals surface area (Å²) >= 11 is 0. The number of rotatable bonds is 1. The minimum atomic E-state index is -3.82. The van der Waals surface area contributed by atoms with Gasteiger partial charge in [0.25, 0.3) is 10.0 Å².